The number of rotatable bonds is 0. The van der Waals surface area contributed by atoms with Crippen molar-refractivity contribution in [1.82, 2.24) is 6.15 Å². The van der Waals surface area contributed by atoms with Crippen LogP contribution in [0.5, 0.6) is 0 Å². The van der Waals surface area contributed by atoms with Gasteiger partial charge in [-0.1, -0.05) is 0 Å². The first-order valence-electron chi connectivity index (χ1n) is 0.908. The number of hydrogen-bond donors (Lipinski definition) is 1. The van der Waals surface area contributed by atoms with Gasteiger partial charge in [-0.15, -0.1) is 12.4 Å². The zero-order valence-electron chi connectivity index (χ0n) is 4.14. The molecular weight excluding hydrogens is 146 g/mol. The molecule has 0 bridgehead atoms. The summed E-state index contributed by atoms with van der Waals surface area (Å²) >= 11 is 0. The molecule has 0 fully saturated rings. The summed E-state index contributed by atoms with van der Waals surface area (Å²) in [6.07, 6.45) is 0. The Morgan fingerprint density at radius 3 is 1.57 bits per heavy atom. The number of halogens is 1. The van der Waals surface area contributed by atoms with E-state index >= 15 is 0 Å². The molecule has 0 aliphatic rings. The van der Waals surface area contributed by atoms with Gasteiger partial charge in [0.15, 0.2) is 0 Å². The molecule has 0 saturated heterocycles. The maximum absolute atomic E-state index is 8.89. The largest absolute Gasteiger partial charge is 1.00 e. The van der Waals surface area contributed by atoms with E-state index in [9.17, 15) is 0 Å². The zero-order valence-corrected chi connectivity index (χ0v) is 7.16. The van der Waals surface area contributed by atoms with Gasteiger partial charge in [0.05, 0.1) is 0 Å². The van der Waals surface area contributed by atoms with E-state index in [0.717, 1.165) is 6.92 Å². The van der Waals surface area contributed by atoms with Crippen LogP contribution in [0.4, 0.5) is 0 Å². The molecule has 7 heavy (non-hydrogen) atoms. The summed E-state index contributed by atoms with van der Waals surface area (Å²) in [5.74, 6) is -1.08. The van der Waals surface area contributed by atoms with E-state index in [4.69, 9.17) is 9.90 Å². The SMILES string of the molecule is CC(=O)[O-].Cl.N.[Ca+]. The fraction of sp³-hybridized carbons (Fsp3) is 0.500. The van der Waals surface area contributed by atoms with Crippen LogP contribution in [0.2, 0.25) is 0 Å². The van der Waals surface area contributed by atoms with Gasteiger partial charge in [0.1, 0.15) is 0 Å². The van der Waals surface area contributed by atoms with Gasteiger partial charge in [-0.05, 0) is 6.92 Å². The van der Waals surface area contributed by atoms with Crippen LogP contribution in [0.25, 0.3) is 0 Å². The fourth-order valence-corrected chi connectivity index (χ4v) is 0. The summed E-state index contributed by atoms with van der Waals surface area (Å²) < 4.78 is 0. The molecule has 3 nitrogen and oxygen atoms in total. The van der Waals surface area contributed by atoms with E-state index in [-0.39, 0.29) is 56.3 Å². The van der Waals surface area contributed by atoms with Crippen molar-refractivity contribution in [3.05, 3.63) is 0 Å². The molecule has 0 unspecified atom stereocenters. The van der Waals surface area contributed by atoms with Crippen molar-refractivity contribution in [3.63, 3.8) is 0 Å². The normalized spacial score (nSPS) is 3.57. The molecule has 0 amide bonds. The summed E-state index contributed by atoms with van der Waals surface area (Å²) in [6.45, 7) is 0.972. The molecule has 0 spiro atoms. The molecule has 0 aromatic rings. The third-order valence-electron chi connectivity index (χ3n) is 0. The van der Waals surface area contributed by atoms with Crippen molar-refractivity contribution in [3.8, 4) is 0 Å². The van der Waals surface area contributed by atoms with Crippen LogP contribution in [-0.2, 0) is 4.79 Å². The molecule has 3 N–H and O–H groups in total. The van der Waals surface area contributed by atoms with Crippen LogP contribution < -0.4 is 11.3 Å². The zero-order chi connectivity index (χ0) is 3.58. The number of carboxylic acids is 1. The van der Waals surface area contributed by atoms with Crippen LogP contribution in [-0.4, -0.2) is 43.7 Å². The van der Waals surface area contributed by atoms with E-state index in [1.165, 1.54) is 0 Å². The van der Waals surface area contributed by atoms with E-state index in [2.05, 4.69) is 0 Å². The van der Waals surface area contributed by atoms with E-state index in [1.54, 1.807) is 0 Å². The van der Waals surface area contributed by atoms with Crippen LogP contribution >= 0.6 is 12.4 Å². The van der Waals surface area contributed by atoms with Gasteiger partial charge in [-0.25, -0.2) is 0 Å². The van der Waals surface area contributed by atoms with Crippen LogP contribution in [0.15, 0.2) is 0 Å². The smallest absolute Gasteiger partial charge is 0.550 e. The molecule has 41 valence electrons. The van der Waals surface area contributed by atoms with Crippen molar-refractivity contribution in [2.45, 2.75) is 6.92 Å². The van der Waals surface area contributed by atoms with E-state index in [0.29, 0.717) is 0 Å². The molecule has 0 aromatic heterocycles. The van der Waals surface area contributed by atoms with Gasteiger partial charge in [0.2, 0.25) is 0 Å². The molecule has 0 saturated carbocycles. The third-order valence-corrected chi connectivity index (χ3v) is 0. The Morgan fingerprint density at radius 1 is 1.57 bits per heavy atom. The summed E-state index contributed by atoms with van der Waals surface area (Å²) in [5.41, 5.74) is 0. The number of aliphatic carboxylic acids is 1. The summed E-state index contributed by atoms with van der Waals surface area (Å²) in [7, 11) is 0. The average molecular weight is 153 g/mol. The summed E-state index contributed by atoms with van der Waals surface area (Å²) in [6, 6.07) is 0. The van der Waals surface area contributed by atoms with Crippen LogP contribution in [0.3, 0.4) is 0 Å². The van der Waals surface area contributed by atoms with Crippen LogP contribution in [0, 0.1) is 0 Å². The van der Waals surface area contributed by atoms with Gasteiger partial charge < -0.3 is 16.1 Å². The van der Waals surface area contributed by atoms with Gasteiger partial charge in [-0.2, -0.15) is 0 Å². The average Bonchev–Trinajstić information content (AvgIpc) is 0.811. The third kappa shape index (κ3) is 180. The minimum atomic E-state index is -1.08. The number of carbonyl (C=O) groups excluding carboxylic acids is 1. The van der Waals surface area contributed by atoms with Crippen molar-refractivity contribution >= 4 is 56.1 Å². The fourth-order valence-electron chi connectivity index (χ4n) is 0. The quantitative estimate of drug-likeness (QED) is 0.451. The summed E-state index contributed by atoms with van der Waals surface area (Å²) in [4.78, 5) is 8.89. The first-order valence-corrected chi connectivity index (χ1v) is 0.908. The monoisotopic (exact) mass is 152 g/mol. The number of hydrogen-bond acceptors (Lipinski definition) is 3. The Bertz CT molecular complexity index is 38.7. The maximum atomic E-state index is 8.89. The molecule has 0 heterocycles. The molecule has 5 heteroatoms. The Balaban J connectivity index is -0.0000000150. The van der Waals surface area contributed by atoms with Gasteiger partial charge in [-0.3, -0.25) is 0 Å². The molecule has 0 aliphatic heterocycles. The Morgan fingerprint density at radius 2 is 1.57 bits per heavy atom. The van der Waals surface area contributed by atoms with E-state index < -0.39 is 5.97 Å². The Labute approximate surface area is 78.5 Å². The topological polar surface area (TPSA) is 75.1 Å². The minimum absolute atomic E-state index is 0. The first kappa shape index (κ1) is 24.5. The van der Waals surface area contributed by atoms with E-state index in [1.807, 2.05) is 0 Å². The molecular formula is C2H7CaClNO2. The molecule has 0 atom stereocenters. The maximum Gasteiger partial charge on any atom is 1.00 e. The van der Waals surface area contributed by atoms with Gasteiger partial charge in [0, 0.05) is 5.97 Å². The first-order chi connectivity index (χ1) is 1.73. The van der Waals surface area contributed by atoms with Crippen LogP contribution in [0.1, 0.15) is 6.92 Å². The van der Waals surface area contributed by atoms with Gasteiger partial charge in [0.25, 0.3) is 0 Å². The second-order valence-corrected chi connectivity index (χ2v) is 0.492. The van der Waals surface area contributed by atoms with Crippen molar-refractivity contribution in [2.75, 3.05) is 0 Å². The number of carbonyl (C=O) groups is 1. The molecule has 0 aromatic carbocycles. The van der Waals surface area contributed by atoms with Gasteiger partial charge >= 0.3 is 37.7 Å². The minimum Gasteiger partial charge on any atom is -0.550 e. The summed E-state index contributed by atoms with van der Waals surface area (Å²) in [5, 5.41) is 8.89. The molecule has 0 rings (SSSR count). The molecule has 1 radical (unpaired) electrons. The predicted octanol–water partition coefficient (Wildman–Crippen LogP) is -1.04. The molecule has 0 aliphatic carbocycles. The number of carboxylic acid groups (broad SMARTS) is 1. The van der Waals surface area contributed by atoms with Crippen molar-refractivity contribution in [2.24, 2.45) is 0 Å². The standard InChI is InChI=1S/C2H4O2.Ca.ClH.H3N/c1-2(3)4;;;/h1H3,(H,3,4);;1H;1H3/q;+1;;/p-1. The Hall–Kier alpha value is 0.980. The Kier molecular flexibility index (Phi) is 55.3. The second-order valence-electron chi connectivity index (χ2n) is 0.492. The van der Waals surface area contributed by atoms with Crippen molar-refractivity contribution < 1.29 is 9.90 Å². The predicted molar refractivity (Wildman–Crippen MR) is 28.7 cm³/mol. The van der Waals surface area contributed by atoms with Crippen molar-refractivity contribution in [1.29, 1.82) is 0 Å². The second kappa shape index (κ2) is 15.8.